The number of allylic oxidation sites excluding steroid dienone is 18. The van der Waals surface area contributed by atoms with Gasteiger partial charge in [0, 0.05) is 19.4 Å². The molecule has 0 fully saturated rings. The quantitative estimate of drug-likeness (QED) is 0.0270. The van der Waals surface area contributed by atoms with E-state index in [1.165, 1.54) is 38.5 Å². The van der Waals surface area contributed by atoms with Crippen molar-refractivity contribution < 1.29 is 37.6 Å². The number of hydrogen-bond donors (Lipinski definition) is 2. The van der Waals surface area contributed by atoms with Crippen molar-refractivity contribution in [3.63, 3.8) is 0 Å². The van der Waals surface area contributed by atoms with Gasteiger partial charge in [-0.05, 0) is 83.5 Å². The Morgan fingerprint density at radius 3 is 1.51 bits per heavy atom. The highest BCUT2D eigenvalue weighted by atomic mass is 31.2. The lowest BCUT2D eigenvalue weighted by atomic mass is 10.1. The van der Waals surface area contributed by atoms with Crippen LogP contribution in [0.5, 0.6) is 0 Å². The number of esters is 2. The third-order valence-corrected chi connectivity index (χ3v) is 9.14. The van der Waals surface area contributed by atoms with Crippen molar-refractivity contribution in [3.05, 3.63) is 109 Å². The normalized spacial score (nSPS) is 14.4. The van der Waals surface area contributed by atoms with Crippen molar-refractivity contribution in [1.29, 1.82) is 0 Å². The molecule has 0 aromatic heterocycles. The standard InChI is InChI=1S/C47H76NO8P/c1-3-5-7-9-11-13-15-17-19-21-22-24-26-28-30-32-34-36-38-40-47(50)56-45(44-55-57(51,52)54-42-41-48)43-53-46(49)39-37-35-33-31-29-27-25-23-20-18-16-14-12-10-8-6-4-2/h5,7,11,13,17-20,22,24-25,27-28,30-31,33-34,36,45H,3-4,6,8-10,12,14-16,21,23,26,29,32,35,37-44,48H2,1-2H3,(H,51,52)/t45-/m1/s1. The molecule has 9 nitrogen and oxygen atoms in total. The molecule has 0 heterocycles. The third kappa shape index (κ3) is 42.1. The Morgan fingerprint density at radius 2 is 1.00 bits per heavy atom. The van der Waals surface area contributed by atoms with Crippen LogP contribution in [0, 0.1) is 0 Å². The van der Waals surface area contributed by atoms with Gasteiger partial charge in [0.05, 0.1) is 13.2 Å². The van der Waals surface area contributed by atoms with Gasteiger partial charge in [-0.2, -0.15) is 0 Å². The average molecular weight is 814 g/mol. The zero-order valence-corrected chi connectivity index (χ0v) is 36.2. The Kier molecular flexibility index (Phi) is 39.8. The Balaban J connectivity index is 4.40. The molecule has 1 unspecified atom stereocenters. The van der Waals surface area contributed by atoms with Crippen LogP contribution in [0.2, 0.25) is 0 Å². The minimum absolute atomic E-state index is 0.0292. The SMILES string of the molecule is CCC=CCC=CCC=CCC=CCC=CCC=CCCC(=O)O[C@H](COC(=O)CCCC=CCC=CCC=CCCCCCCCC)COP(=O)(O)OCCN. The van der Waals surface area contributed by atoms with E-state index in [0.29, 0.717) is 12.8 Å². The Morgan fingerprint density at radius 1 is 0.544 bits per heavy atom. The number of phosphoric ester groups is 1. The van der Waals surface area contributed by atoms with Gasteiger partial charge in [0.15, 0.2) is 6.10 Å². The summed E-state index contributed by atoms with van der Waals surface area (Å²) in [7, 11) is -4.42. The Hall–Kier alpha value is -3.33. The molecule has 0 rings (SSSR count). The van der Waals surface area contributed by atoms with Crippen molar-refractivity contribution >= 4 is 19.8 Å². The van der Waals surface area contributed by atoms with E-state index >= 15 is 0 Å². The molecule has 0 aliphatic carbocycles. The molecule has 0 aliphatic rings. The predicted octanol–water partition coefficient (Wildman–Crippen LogP) is 12.4. The molecule has 0 aromatic carbocycles. The molecule has 10 heteroatoms. The van der Waals surface area contributed by atoms with Crippen molar-refractivity contribution in [2.24, 2.45) is 5.73 Å². The third-order valence-electron chi connectivity index (χ3n) is 8.16. The molecule has 0 saturated carbocycles. The summed E-state index contributed by atoms with van der Waals surface area (Å²) >= 11 is 0. The number of rotatable bonds is 38. The smallest absolute Gasteiger partial charge is 0.462 e. The first-order valence-electron chi connectivity index (χ1n) is 21.4. The zero-order valence-electron chi connectivity index (χ0n) is 35.3. The summed E-state index contributed by atoms with van der Waals surface area (Å²) in [6.07, 6.45) is 55.7. The van der Waals surface area contributed by atoms with Crippen LogP contribution in [0.15, 0.2) is 109 Å². The molecule has 0 bridgehead atoms. The maximum atomic E-state index is 12.5. The average Bonchev–Trinajstić information content (AvgIpc) is 3.20. The van der Waals surface area contributed by atoms with E-state index in [-0.39, 0.29) is 32.6 Å². The predicted molar refractivity (Wildman–Crippen MR) is 238 cm³/mol. The summed E-state index contributed by atoms with van der Waals surface area (Å²) in [6.45, 7) is 3.43. The number of phosphoric acid groups is 1. The second-order valence-electron chi connectivity index (χ2n) is 13.5. The van der Waals surface area contributed by atoms with Crippen LogP contribution >= 0.6 is 7.82 Å². The largest absolute Gasteiger partial charge is 0.472 e. The maximum Gasteiger partial charge on any atom is 0.472 e. The molecule has 0 aliphatic heterocycles. The highest BCUT2D eigenvalue weighted by Crippen LogP contribution is 2.43. The fourth-order valence-corrected chi connectivity index (χ4v) is 5.79. The number of ether oxygens (including phenoxy) is 2. The summed E-state index contributed by atoms with van der Waals surface area (Å²) in [5.41, 5.74) is 5.34. The summed E-state index contributed by atoms with van der Waals surface area (Å²) in [4.78, 5) is 34.8. The summed E-state index contributed by atoms with van der Waals surface area (Å²) in [5, 5.41) is 0. The summed E-state index contributed by atoms with van der Waals surface area (Å²) in [5.74, 6) is -1.00. The second kappa shape index (κ2) is 42.3. The van der Waals surface area contributed by atoms with Crippen LogP contribution in [0.4, 0.5) is 0 Å². The number of carbonyl (C=O) groups is 2. The van der Waals surface area contributed by atoms with Crippen molar-refractivity contribution in [3.8, 4) is 0 Å². The minimum Gasteiger partial charge on any atom is -0.462 e. The first kappa shape index (κ1) is 53.7. The fourth-order valence-electron chi connectivity index (χ4n) is 5.03. The number of carbonyl (C=O) groups excluding carboxylic acids is 2. The number of unbranched alkanes of at least 4 members (excludes halogenated alkanes) is 7. The van der Waals surface area contributed by atoms with Gasteiger partial charge in [0.1, 0.15) is 6.61 Å². The first-order chi connectivity index (χ1) is 27.8. The van der Waals surface area contributed by atoms with E-state index in [0.717, 1.165) is 64.2 Å². The van der Waals surface area contributed by atoms with E-state index in [9.17, 15) is 19.0 Å². The van der Waals surface area contributed by atoms with Crippen LogP contribution in [0.1, 0.15) is 142 Å². The van der Waals surface area contributed by atoms with Gasteiger partial charge in [-0.25, -0.2) is 4.57 Å². The molecule has 0 saturated heterocycles. The molecule has 0 radical (unpaired) electrons. The van der Waals surface area contributed by atoms with Gasteiger partial charge >= 0.3 is 19.8 Å². The van der Waals surface area contributed by atoms with Crippen molar-refractivity contribution in [2.75, 3.05) is 26.4 Å². The van der Waals surface area contributed by atoms with E-state index in [4.69, 9.17) is 24.3 Å². The maximum absolute atomic E-state index is 12.5. The number of hydrogen-bond acceptors (Lipinski definition) is 8. The van der Waals surface area contributed by atoms with Gasteiger partial charge in [0.25, 0.3) is 0 Å². The fraction of sp³-hybridized carbons (Fsp3) is 0.574. The highest BCUT2D eigenvalue weighted by molar-refractivity contribution is 7.47. The Bertz CT molecular complexity index is 1290. The van der Waals surface area contributed by atoms with E-state index in [1.807, 2.05) is 18.2 Å². The van der Waals surface area contributed by atoms with E-state index in [1.54, 1.807) is 0 Å². The van der Waals surface area contributed by atoms with Crippen LogP contribution in [0.3, 0.4) is 0 Å². The highest BCUT2D eigenvalue weighted by Gasteiger charge is 2.25. The molecule has 0 aromatic rings. The van der Waals surface area contributed by atoms with Crippen LogP contribution in [-0.2, 0) is 32.7 Å². The van der Waals surface area contributed by atoms with E-state index in [2.05, 4.69) is 105 Å². The molecular formula is C47H76NO8P. The lowest BCUT2D eigenvalue weighted by molar-refractivity contribution is -0.161. The molecule has 57 heavy (non-hydrogen) atoms. The summed E-state index contributed by atoms with van der Waals surface area (Å²) < 4.78 is 32.6. The monoisotopic (exact) mass is 814 g/mol. The van der Waals surface area contributed by atoms with Crippen LogP contribution in [0.25, 0.3) is 0 Å². The number of nitrogens with two attached hydrogens (primary N) is 1. The molecule has 322 valence electrons. The lowest BCUT2D eigenvalue weighted by Crippen LogP contribution is -2.29. The molecule has 0 spiro atoms. The molecule has 3 N–H and O–H groups in total. The molecule has 2 atom stereocenters. The summed E-state index contributed by atoms with van der Waals surface area (Å²) in [6, 6.07) is 0. The van der Waals surface area contributed by atoms with Gasteiger partial charge in [0.2, 0.25) is 0 Å². The lowest BCUT2D eigenvalue weighted by Gasteiger charge is -2.19. The first-order valence-corrected chi connectivity index (χ1v) is 22.9. The van der Waals surface area contributed by atoms with E-state index < -0.39 is 32.5 Å². The molecule has 0 amide bonds. The Labute approximate surface area is 346 Å². The van der Waals surface area contributed by atoms with Gasteiger partial charge in [-0.1, -0.05) is 155 Å². The second-order valence-corrected chi connectivity index (χ2v) is 14.9. The van der Waals surface area contributed by atoms with Gasteiger partial charge in [-0.3, -0.25) is 18.6 Å². The van der Waals surface area contributed by atoms with Gasteiger partial charge < -0.3 is 20.1 Å². The molecular weight excluding hydrogens is 737 g/mol. The van der Waals surface area contributed by atoms with Gasteiger partial charge in [-0.15, -0.1) is 0 Å². The van der Waals surface area contributed by atoms with Crippen LogP contribution < -0.4 is 5.73 Å². The van der Waals surface area contributed by atoms with Crippen molar-refractivity contribution in [2.45, 2.75) is 148 Å². The zero-order chi connectivity index (χ0) is 41.8. The minimum atomic E-state index is -4.42. The topological polar surface area (TPSA) is 134 Å². The van der Waals surface area contributed by atoms with Crippen LogP contribution in [-0.4, -0.2) is 49.3 Å². The van der Waals surface area contributed by atoms with Crippen molar-refractivity contribution in [1.82, 2.24) is 0 Å².